The fourth-order valence-corrected chi connectivity index (χ4v) is 5.39. The quantitative estimate of drug-likeness (QED) is 0.426. The highest BCUT2D eigenvalue weighted by Gasteiger charge is 2.21. The van der Waals surface area contributed by atoms with Gasteiger partial charge in [-0.15, -0.1) is 11.3 Å². The van der Waals surface area contributed by atoms with Gasteiger partial charge in [0.1, 0.15) is 16.4 Å². The summed E-state index contributed by atoms with van der Waals surface area (Å²) in [6.07, 6.45) is 5.79. The normalized spacial score (nSPS) is 13.2. The summed E-state index contributed by atoms with van der Waals surface area (Å²) in [4.78, 5) is 12.5. The van der Waals surface area contributed by atoms with E-state index in [0.29, 0.717) is 0 Å². The zero-order chi connectivity index (χ0) is 20.3. The SMILES string of the molecule is COc1ccc(-c2nc(NCCc3ccccc3)c3c4c(sc3n2)CCCC4)cc1. The molecule has 0 aliphatic heterocycles. The molecule has 0 saturated carbocycles. The van der Waals surface area contributed by atoms with Crippen LogP contribution in [0.1, 0.15) is 28.8 Å². The molecule has 1 N–H and O–H groups in total. The van der Waals surface area contributed by atoms with Gasteiger partial charge in [0, 0.05) is 17.0 Å². The number of rotatable bonds is 6. The third-order valence-electron chi connectivity index (χ3n) is 5.71. The van der Waals surface area contributed by atoms with E-state index in [4.69, 9.17) is 14.7 Å². The number of anilines is 1. The lowest BCUT2D eigenvalue weighted by Crippen LogP contribution is -2.09. The van der Waals surface area contributed by atoms with Gasteiger partial charge in [0.15, 0.2) is 5.82 Å². The van der Waals surface area contributed by atoms with E-state index in [1.807, 2.05) is 35.6 Å². The van der Waals surface area contributed by atoms with Crippen molar-refractivity contribution in [2.45, 2.75) is 32.1 Å². The Balaban J connectivity index is 1.52. The van der Waals surface area contributed by atoms with Crippen molar-refractivity contribution in [3.05, 3.63) is 70.6 Å². The number of aromatic nitrogens is 2. The molecule has 0 amide bonds. The van der Waals surface area contributed by atoms with Gasteiger partial charge in [-0.05, 0) is 67.5 Å². The Morgan fingerprint density at radius 2 is 1.77 bits per heavy atom. The van der Waals surface area contributed by atoms with Crippen molar-refractivity contribution >= 4 is 27.4 Å². The van der Waals surface area contributed by atoms with Crippen LogP contribution in [-0.2, 0) is 19.3 Å². The van der Waals surface area contributed by atoms with Gasteiger partial charge in [0.05, 0.1) is 12.5 Å². The summed E-state index contributed by atoms with van der Waals surface area (Å²) in [6, 6.07) is 18.6. The fourth-order valence-electron chi connectivity index (χ4n) is 4.12. The molecule has 0 saturated heterocycles. The average molecular weight is 416 g/mol. The molecule has 2 aromatic carbocycles. The van der Waals surface area contributed by atoms with Gasteiger partial charge in [-0.1, -0.05) is 30.3 Å². The molecular weight excluding hydrogens is 390 g/mol. The Hall–Kier alpha value is -2.92. The summed E-state index contributed by atoms with van der Waals surface area (Å²) in [5, 5.41) is 4.87. The van der Waals surface area contributed by atoms with E-state index in [1.54, 1.807) is 7.11 Å². The largest absolute Gasteiger partial charge is 0.497 e. The predicted octanol–water partition coefficient (Wildman–Crippen LogP) is 5.90. The average Bonchev–Trinajstić information content (AvgIpc) is 3.18. The zero-order valence-corrected chi connectivity index (χ0v) is 18.0. The predicted molar refractivity (Wildman–Crippen MR) is 125 cm³/mol. The minimum absolute atomic E-state index is 0.769. The summed E-state index contributed by atoms with van der Waals surface area (Å²) >= 11 is 1.84. The Morgan fingerprint density at radius 3 is 2.57 bits per heavy atom. The second kappa shape index (κ2) is 8.44. The number of hydrogen-bond acceptors (Lipinski definition) is 5. The van der Waals surface area contributed by atoms with Crippen LogP contribution in [-0.4, -0.2) is 23.6 Å². The smallest absolute Gasteiger partial charge is 0.163 e. The molecule has 0 atom stereocenters. The zero-order valence-electron chi connectivity index (χ0n) is 17.1. The van der Waals surface area contributed by atoms with Crippen molar-refractivity contribution in [3.63, 3.8) is 0 Å². The molecule has 0 radical (unpaired) electrons. The third kappa shape index (κ3) is 3.77. The molecule has 0 unspecified atom stereocenters. The highest BCUT2D eigenvalue weighted by atomic mass is 32.1. The minimum atomic E-state index is 0.769. The van der Waals surface area contributed by atoms with Crippen molar-refractivity contribution in [2.75, 3.05) is 19.0 Å². The van der Waals surface area contributed by atoms with Crippen molar-refractivity contribution in [3.8, 4) is 17.1 Å². The number of ether oxygens (including phenoxy) is 1. The molecule has 5 rings (SSSR count). The van der Waals surface area contributed by atoms with Crippen molar-refractivity contribution < 1.29 is 4.74 Å². The first-order chi connectivity index (χ1) is 14.8. The van der Waals surface area contributed by atoms with Crippen LogP contribution in [0.4, 0.5) is 5.82 Å². The van der Waals surface area contributed by atoms with Crippen LogP contribution in [0.15, 0.2) is 54.6 Å². The topological polar surface area (TPSA) is 47.0 Å². The number of methoxy groups -OCH3 is 1. The number of fused-ring (bicyclic) bond motifs is 3. The lowest BCUT2D eigenvalue weighted by Gasteiger charge is -2.13. The monoisotopic (exact) mass is 415 g/mol. The lowest BCUT2D eigenvalue weighted by atomic mass is 9.97. The summed E-state index contributed by atoms with van der Waals surface area (Å²) in [5.74, 6) is 2.58. The molecule has 2 heterocycles. The Bertz CT molecular complexity index is 1150. The molecular formula is C25H25N3OS. The number of nitrogens with one attached hydrogen (secondary N) is 1. The van der Waals surface area contributed by atoms with Gasteiger partial charge < -0.3 is 10.1 Å². The second-order valence-corrected chi connectivity index (χ2v) is 8.76. The molecule has 0 fully saturated rings. The van der Waals surface area contributed by atoms with Gasteiger partial charge >= 0.3 is 0 Å². The molecule has 30 heavy (non-hydrogen) atoms. The van der Waals surface area contributed by atoms with E-state index in [2.05, 4.69) is 35.6 Å². The Morgan fingerprint density at radius 1 is 0.967 bits per heavy atom. The van der Waals surface area contributed by atoms with E-state index in [0.717, 1.165) is 53.6 Å². The fraction of sp³-hybridized carbons (Fsp3) is 0.280. The molecule has 5 heteroatoms. The van der Waals surface area contributed by atoms with E-state index >= 15 is 0 Å². The molecule has 4 aromatic rings. The van der Waals surface area contributed by atoms with Crippen molar-refractivity contribution in [1.29, 1.82) is 0 Å². The Labute approximate surface area is 181 Å². The first-order valence-electron chi connectivity index (χ1n) is 10.6. The number of aryl methyl sites for hydroxylation is 2. The van der Waals surface area contributed by atoms with Crippen LogP contribution in [0.2, 0.25) is 0 Å². The maximum Gasteiger partial charge on any atom is 0.163 e. The van der Waals surface area contributed by atoms with E-state index in [9.17, 15) is 0 Å². The van der Waals surface area contributed by atoms with Crippen LogP contribution in [0.25, 0.3) is 21.6 Å². The minimum Gasteiger partial charge on any atom is -0.497 e. The number of nitrogens with zero attached hydrogens (tertiary/aromatic N) is 2. The van der Waals surface area contributed by atoms with Crippen molar-refractivity contribution in [1.82, 2.24) is 9.97 Å². The standard InChI is InChI=1S/C25H25N3OS/c1-29-19-13-11-18(12-14-19)23-27-24(26-16-15-17-7-3-2-4-8-17)22-20-9-5-6-10-21(20)30-25(22)28-23/h2-4,7-8,11-14H,5-6,9-10,15-16H2,1H3,(H,26,27,28). The van der Waals surface area contributed by atoms with Gasteiger partial charge in [-0.3, -0.25) is 0 Å². The molecule has 1 aliphatic carbocycles. The van der Waals surface area contributed by atoms with E-state index in [1.165, 1.54) is 34.2 Å². The second-order valence-electron chi connectivity index (χ2n) is 7.68. The van der Waals surface area contributed by atoms with Gasteiger partial charge in [0.25, 0.3) is 0 Å². The maximum absolute atomic E-state index is 5.30. The highest BCUT2D eigenvalue weighted by molar-refractivity contribution is 7.19. The lowest BCUT2D eigenvalue weighted by molar-refractivity contribution is 0.415. The molecule has 2 aromatic heterocycles. The number of benzene rings is 2. The van der Waals surface area contributed by atoms with Gasteiger partial charge in [-0.25, -0.2) is 9.97 Å². The first kappa shape index (κ1) is 19.1. The van der Waals surface area contributed by atoms with Crippen LogP contribution in [0.3, 0.4) is 0 Å². The molecule has 1 aliphatic rings. The number of thiophene rings is 1. The van der Waals surface area contributed by atoms with Crippen LogP contribution >= 0.6 is 11.3 Å². The molecule has 0 bridgehead atoms. The van der Waals surface area contributed by atoms with Crippen LogP contribution in [0, 0.1) is 0 Å². The highest BCUT2D eigenvalue weighted by Crippen LogP contribution is 2.39. The maximum atomic E-state index is 5.30. The van der Waals surface area contributed by atoms with Crippen LogP contribution < -0.4 is 10.1 Å². The summed E-state index contributed by atoms with van der Waals surface area (Å²) < 4.78 is 5.30. The van der Waals surface area contributed by atoms with Crippen molar-refractivity contribution in [2.24, 2.45) is 0 Å². The first-order valence-corrected chi connectivity index (χ1v) is 11.4. The van der Waals surface area contributed by atoms with Crippen LogP contribution in [0.5, 0.6) is 5.75 Å². The van der Waals surface area contributed by atoms with Gasteiger partial charge in [-0.2, -0.15) is 0 Å². The summed E-state index contributed by atoms with van der Waals surface area (Å²) in [7, 11) is 1.68. The summed E-state index contributed by atoms with van der Waals surface area (Å²) in [6.45, 7) is 0.850. The number of hydrogen-bond donors (Lipinski definition) is 1. The molecule has 0 spiro atoms. The van der Waals surface area contributed by atoms with E-state index < -0.39 is 0 Å². The van der Waals surface area contributed by atoms with Gasteiger partial charge in [0.2, 0.25) is 0 Å². The van der Waals surface area contributed by atoms with E-state index in [-0.39, 0.29) is 0 Å². The third-order valence-corrected chi connectivity index (χ3v) is 6.90. The molecule has 4 nitrogen and oxygen atoms in total. The molecule has 152 valence electrons. The summed E-state index contributed by atoms with van der Waals surface area (Å²) in [5.41, 5.74) is 3.80. The Kier molecular flexibility index (Phi) is 5.37.